The lowest BCUT2D eigenvalue weighted by Crippen LogP contribution is -2.67. The van der Waals surface area contributed by atoms with Crippen molar-refractivity contribution in [3.63, 3.8) is 0 Å². The zero-order valence-corrected chi connectivity index (χ0v) is 15.6. The molecule has 1 aromatic carbocycles. The van der Waals surface area contributed by atoms with E-state index in [9.17, 15) is 15.2 Å². The molecule has 5 nitrogen and oxygen atoms in total. The molecule has 1 saturated heterocycles. The van der Waals surface area contributed by atoms with Gasteiger partial charge in [-0.2, -0.15) is 5.26 Å². The van der Waals surface area contributed by atoms with Gasteiger partial charge < -0.3 is 15.3 Å². The van der Waals surface area contributed by atoms with Gasteiger partial charge in [-0.3, -0.25) is 0 Å². The topological polar surface area (TPSA) is 76.4 Å². The second-order valence-corrected chi connectivity index (χ2v) is 7.90. The molecule has 0 spiro atoms. The predicted octanol–water partition coefficient (Wildman–Crippen LogP) is 3.56. The molecule has 0 bridgehead atoms. The normalized spacial score (nSPS) is 27.8. The number of hydrogen-bond donors (Lipinski definition) is 2. The number of allylic oxidation sites excluding steroid dienone is 2. The van der Waals surface area contributed by atoms with Crippen molar-refractivity contribution in [3.05, 3.63) is 41.5 Å². The van der Waals surface area contributed by atoms with Crippen LogP contribution in [0.25, 0.3) is 5.57 Å². The van der Waals surface area contributed by atoms with Crippen LogP contribution in [0.2, 0.25) is 0 Å². The fraction of sp³-hybridized carbons (Fsp3) is 0.545. The lowest BCUT2D eigenvalue weighted by molar-refractivity contribution is 0.0157. The number of amides is 2. The number of nitrogens with zero attached hydrogens (tertiary/aromatic N) is 2. The van der Waals surface area contributed by atoms with Crippen LogP contribution in [0.3, 0.4) is 0 Å². The lowest BCUT2D eigenvalue weighted by Gasteiger charge is -2.52. The van der Waals surface area contributed by atoms with Crippen LogP contribution < -0.4 is 5.32 Å². The van der Waals surface area contributed by atoms with E-state index in [1.807, 2.05) is 12.1 Å². The fourth-order valence-electron chi connectivity index (χ4n) is 4.97. The molecule has 4 rings (SSSR count). The minimum atomic E-state index is -0.535. The van der Waals surface area contributed by atoms with E-state index in [-0.39, 0.29) is 30.6 Å². The Hall–Kier alpha value is -2.32. The average Bonchev–Trinajstić information content (AvgIpc) is 3.36. The maximum Gasteiger partial charge on any atom is 0.319 e. The lowest BCUT2D eigenvalue weighted by atomic mass is 9.73. The average molecular weight is 365 g/mol. The van der Waals surface area contributed by atoms with Crippen molar-refractivity contribution in [2.45, 2.75) is 69.0 Å². The number of likely N-dealkylation sites (tertiary alicyclic amines) is 1. The largest absolute Gasteiger partial charge is 0.394 e. The highest BCUT2D eigenvalue weighted by Gasteiger charge is 2.52. The molecule has 2 fully saturated rings. The maximum atomic E-state index is 12.8. The Balaban J connectivity index is 1.59. The third-order valence-electron chi connectivity index (χ3n) is 6.36. The quantitative estimate of drug-likeness (QED) is 0.856. The van der Waals surface area contributed by atoms with E-state index < -0.39 is 6.04 Å². The van der Waals surface area contributed by atoms with Crippen LogP contribution in [0, 0.1) is 11.3 Å². The summed E-state index contributed by atoms with van der Waals surface area (Å²) < 4.78 is 0. The van der Waals surface area contributed by atoms with Gasteiger partial charge in [0.1, 0.15) is 6.04 Å². The summed E-state index contributed by atoms with van der Waals surface area (Å²) >= 11 is 0. The number of benzene rings is 1. The summed E-state index contributed by atoms with van der Waals surface area (Å²) in [5.74, 6) is -0.146. The van der Waals surface area contributed by atoms with E-state index in [1.165, 1.54) is 11.1 Å². The summed E-state index contributed by atoms with van der Waals surface area (Å²) in [6, 6.07) is 9.60. The van der Waals surface area contributed by atoms with E-state index in [1.54, 1.807) is 4.90 Å². The number of nitriles is 1. The highest BCUT2D eigenvalue weighted by Crippen LogP contribution is 2.44. The number of hydrogen-bond acceptors (Lipinski definition) is 3. The van der Waals surface area contributed by atoms with Crippen molar-refractivity contribution in [2.24, 2.45) is 0 Å². The Morgan fingerprint density at radius 2 is 2.04 bits per heavy atom. The number of carbonyl (C=O) groups excluding carboxylic acids is 1. The second-order valence-electron chi connectivity index (χ2n) is 7.90. The van der Waals surface area contributed by atoms with E-state index in [2.05, 4.69) is 29.6 Å². The Morgan fingerprint density at radius 3 is 2.70 bits per heavy atom. The van der Waals surface area contributed by atoms with Crippen molar-refractivity contribution in [2.75, 3.05) is 6.61 Å². The minimum absolute atomic E-state index is 0.131. The van der Waals surface area contributed by atoms with Crippen molar-refractivity contribution in [1.82, 2.24) is 10.2 Å². The number of aliphatic hydroxyl groups is 1. The molecular weight excluding hydrogens is 338 g/mol. The van der Waals surface area contributed by atoms with Gasteiger partial charge in [-0.05, 0) is 48.8 Å². The van der Waals surface area contributed by atoms with Crippen LogP contribution in [-0.4, -0.2) is 40.8 Å². The summed E-state index contributed by atoms with van der Waals surface area (Å²) in [5, 5.41) is 22.9. The monoisotopic (exact) mass is 365 g/mol. The van der Waals surface area contributed by atoms with Crippen molar-refractivity contribution in [1.29, 1.82) is 5.26 Å². The Morgan fingerprint density at radius 1 is 1.26 bits per heavy atom. The first-order valence-corrected chi connectivity index (χ1v) is 10.1. The van der Waals surface area contributed by atoms with Gasteiger partial charge in [0.15, 0.2) is 0 Å². The van der Waals surface area contributed by atoms with Gasteiger partial charge in [0.05, 0.1) is 18.7 Å². The van der Waals surface area contributed by atoms with E-state index in [4.69, 9.17) is 0 Å². The molecule has 1 aliphatic heterocycles. The smallest absolute Gasteiger partial charge is 0.319 e. The first-order valence-electron chi connectivity index (χ1n) is 10.1. The van der Waals surface area contributed by atoms with Crippen LogP contribution in [0.4, 0.5) is 4.79 Å². The van der Waals surface area contributed by atoms with E-state index in [0.717, 1.165) is 50.5 Å². The molecule has 1 saturated carbocycles. The summed E-state index contributed by atoms with van der Waals surface area (Å²) in [6.07, 6.45) is 9.86. The molecular formula is C22H27N3O2. The van der Waals surface area contributed by atoms with Crippen LogP contribution in [0.5, 0.6) is 0 Å². The minimum Gasteiger partial charge on any atom is -0.394 e. The predicted molar refractivity (Wildman–Crippen MR) is 104 cm³/mol. The summed E-state index contributed by atoms with van der Waals surface area (Å²) in [5.41, 5.74) is 3.59. The first kappa shape index (κ1) is 18.1. The molecule has 3 atom stereocenters. The van der Waals surface area contributed by atoms with Gasteiger partial charge in [-0.1, -0.05) is 43.2 Å². The standard InChI is InChI=1S/C22H27N3O2/c23-13-19-21(18-12-6-5-11-17(18)15-7-1-2-8-15)20(14-26)25(19)22(27)24-16-9-3-4-10-16/h5-7,11-12,16,19-21,26H,1-4,8-10,14H2,(H,24,27)/t19-,20-,21-/m0/s1. The van der Waals surface area contributed by atoms with Crippen molar-refractivity contribution < 1.29 is 9.90 Å². The van der Waals surface area contributed by atoms with Crippen molar-refractivity contribution >= 4 is 11.6 Å². The third-order valence-corrected chi connectivity index (χ3v) is 6.36. The van der Waals surface area contributed by atoms with Gasteiger partial charge in [-0.15, -0.1) is 0 Å². The molecule has 27 heavy (non-hydrogen) atoms. The number of carbonyl (C=O) groups is 1. The third kappa shape index (κ3) is 3.23. The molecule has 2 amide bonds. The Bertz CT molecular complexity index is 776. The zero-order valence-electron chi connectivity index (χ0n) is 15.6. The number of nitrogens with one attached hydrogen (secondary N) is 1. The molecule has 2 N–H and O–H groups in total. The molecule has 1 aromatic rings. The highest BCUT2D eigenvalue weighted by atomic mass is 16.3. The van der Waals surface area contributed by atoms with Crippen LogP contribution in [0.15, 0.2) is 30.3 Å². The molecule has 5 heteroatoms. The van der Waals surface area contributed by atoms with E-state index >= 15 is 0 Å². The van der Waals surface area contributed by atoms with E-state index in [0.29, 0.717) is 0 Å². The van der Waals surface area contributed by atoms with Crippen LogP contribution in [-0.2, 0) is 0 Å². The van der Waals surface area contributed by atoms with Gasteiger partial charge >= 0.3 is 6.03 Å². The zero-order chi connectivity index (χ0) is 18.8. The Kier molecular flexibility index (Phi) is 5.18. The molecule has 0 radical (unpaired) electrons. The first-order chi connectivity index (χ1) is 13.2. The number of rotatable bonds is 4. The second kappa shape index (κ2) is 7.74. The molecule has 3 aliphatic rings. The number of urea groups is 1. The Labute approximate surface area is 160 Å². The highest BCUT2D eigenvalue weighted by molar-refractivity contribution is 5.78. The van der Waals surface area contributed by atoms with Crippen LogP contribution >= 0.6 is 0 Å². The van der Waals surface area contributed by atoms with Crippen LogP contribution in [0.1, 0.15) is 62.0 Å². The summed E-state index contributed by atoms with van der Waals surface area (Å²) in [6.45, 7) is -0.131. The molecule has 0 aromatic heterocycles. The SMILES string of the molecule is N#C[C@H]1[C@H](c2ccccc2C2=CCCC2)[C@H](CO)N1C(=O)NC1CCCC1. The van der Waals surface area contributed by atoms with Gasteiger partial charge in [-0.25, -0.2) is 4.79 Å². The summed E-state index contributed by atoms with van der Waals surface area (Å²) in [4.78, 5) is 14.3. The molecule has 1 heterocycles. The molecule has 0 unspecified atom stereocenters. The molecule has 2 aliphatic carbocycles. The fourth-order valence-corrected chi connectivity index (χ4v) is 4.97. The van der Waals surface area contributed by atoms with Gasteiger partial charge in [0.2, 0.25) is 0 Å². The van der Waals surface area contributed by atoms with Gasteiger partial charge in [0.25, 0.3) is 0 Å². The maximum absolute atomic E-state index is 12.8. The molecule has 142 valence electrons. The van der Waals surface area contributed by atoms with Gasteiger partial charge in [0, 0.05) is 12.0 Å². The van der Waals surface area contributed by atoms with Crippen molar-refractivity contribution in [3.8, 4) is 6.07 Å². The summed E-state index contributed by atoms with van der Waals surface area (Å²) in [7, 11) is 0. The number of aliphatic hydroxyl groups excluding tert-OH is 1.